The van der Waals surface area contributed by atoms with Crippen LogP contribution in [0.5, 0.6) is 0 Å². The summed E-state index contributed by atoms with van der Waals surface area (Å²) in [7, 11) is 0. The Hall–Kier alpha value is -2.60. The Balaban J connectivity index is 1.42. The maximum atomic E-state index is 4.33. The Morgan fingerprint density at radius 2 is 1.81 bits per heavy atom. The molecule has 0 aromatic heterocycles. The Morgan fingerprint density at radius 1 is 1.04 bits per heavy atom. The summed E-state index contributed by atoms with van der Waals surface area (Å²) in [5.74, 6) is 0.506. The third-order valence-corrected chi connectivity index (χ3v) is 5.83. The van der Waals surface area contributed by atoms with Crippen molar-refractivity contribution in [3.05, 3.63) is 113 Å². The van der Waals surface area contributed by atoms with Crippen LogP contribution < -0.4 is 0 Å². The molecule has 0 aliphatic heterocycles. The molecule has 0 amide bonds. The SMILES string of the molecule is C=C(CCCC1=CC(Cc2ccccc2)c2ccccc21)C1=CC(C)=CC1. The number of fused-ring (bicyclic) bond motifs is 1. The van der Waals surface area contributed by atoms with Gasteiger partial charge in [-0.3, -0.25) is 0 Å². The van der Waals surface area contributed by atoms with Crippen molar-refractivity contribution in [3.63, 3.8) is 0 Å². The van der Waals surface area contributed by atoms with Crippen molar-refractivity contribution < 1.29 is 0 Å². The molecular weight excluding hydrogens is 324 g/mol. The summed E-state index contributed by atoms with van der Waals surface area (Å²) < 4.78 is 0. The molecule has 2 aromatic carbocycles. The van der Waals surface area contributed by atoms with E-state index in [1.807, 2.05) is 0 Å². The second-order valence-corrected chi connectivity index (χ2v) is 7.85. The summed E-state index contributed by atoms with van der Waals surface area (Å²) in [5.41, 5.74) is 10.0. The predicted molar refractivity (Wildman–Crippen MR) is 117 cm³/mol. The van der Waals surface area contributed by atoms with Gasteiger partial charge in [-0.1, -0.05) is 90.6 Å². The molecule has 0 heteroatoms. The molecule has 2 aromatic rings. The lowest BCUT2D eigenvalue weighted by Gasteiger charge is -2.11. The number of hydrogen-bond donors (Lipinski definition) is 0. The van der Waals surface area contributed by atoms with Gasteiger partial charge in [-0.25, -0.2) is 0 Å². The molecule has 2 aliphatic carbocycles. The van der Waals surface area contributed by atoms with E-state index in [1.54, 1.807) is 0 Å². The highest BCUT2D eigenvalue weighted by molar-refractivity contribution is 5.75. The second kappa shape index (κ2) is 7.96. The maximum absolute atomic E-state index is 4.33. The van der Waals surface area contributed by atoms with Crippen molar-refractivity contribution in [3.8, 4) is 0 Å². The number of rotatable bonds is 7. The normalized spacial score (nSPS) is 18.0. The highest BCUT2D eigenvalue weighted by atomic mass is 14.3. The van der Waals surface area contributed by atoms with Gasteiger partial charge in [0.1, 0.15) is 0 Å². The Bertz CT molecular complexity index is 922. The minimum atomic E-state index is 0.506. The fourth-order valence-electron chi connectivity index (χ4n) is 4.35. The molecular formula is C27H28. The van der Waals surface area contributed by atoms with Crippen LogP contribution in [0.3, 0.4) is 0 Å². The lowest BCUT2D eigenvalue weighted by Crippen LogP contribution is -1.97. The Morgan fingerprint density at radius 3 is 2.59 bits per heavy atom. The third-order valence-electron chi connectivity index (χ3n) is 5.83. The zero-order valence-corrected chi connectivity index (χ0v) is 16.2. The standard InChI is InChI=1S/C27H28/c1-20-15-16-23(17-20)21(2)9-8-12-24-19-25(18-22-10-4-3-5-11-22)27-14-7-6-13-26(24)27/h3-7,10-11,13-15,17,19,25H,2,8-9,12,16,18H2,1H3. The van der Waals surface area contributed by atoms with E-state index in [4.69, 9.17) is 0 Å². The van der Waals surface area contributed by atoms with Gasteiger partial charge in [0.05, 0.1) is 0 Å². The van der Waals surface area contributed by atoms with E-state index in [1.165, 1.54) is 45.4 Å². The molecule has 0 fully saturated rings. The van der Waals surface area contributed by atoms with E-state index in [0.717, 1.165) is 25.7 Å². The predicted octanol–water partition coefficient (Wildman–Crippen LogP) is 7.41. The Kier molecular flexibility index (Phi) is 5.25. The van der Waals surface area contributed by atoms with E-state index in [2.05, 4.69) is 86.3 Å². The highest BCUT2D eigenvalue weighted by Gasteiger charge is 2.22. The summed E-state index contributed by atoms with van der Waals surface area (Å²) in [6.07, 6.45) is 12.7. The van der Waals surface area contributed by atoms with Gasteiger partial charge in [-0.05, 0) is 66.9 Å². The van der Waals surface area contributed by atoms with Crippen LogP contribution in [0.4, 0.5) is 0 Å². The second-order valence-electron chi connectivity index (χ2n) is 7.85. The quantitative estimate of drug-likeness (QED) is 0.486. The lowest BCUT2D eigenvalue weighted by molar-refractivity contribution is 0.838. The van der Waals surface area contributed by atoms with Gasteiger partial charge in [0.15, 0.2) is 0 Å². The van der Waals surface area contributed by atoms with Gasteiger partial charge >= 0.3 is 0 Å². The average Bonchev–Trinajstić information content (AvgIpc) is 3.27. The van der Waals surface area contributed by atoms with E-state index in [0.29, 0.717) is 5.92 Å². The molecule has 0 nitrogen and oxygen atoms in total. The summed E-state index contributed by atoms with van der Waals surface area (Å²) in [5, 5.41) is 0. The van der Waals surface area contributed by atoms with Gasteiger partial charge < -0.3 is 0 Å². The molecule has 1 unspecified atom stereocenters. The molecule has 0 saturated heterocycles. The van der Waals surface area contributed by atoms with E-state index < -0.39 is 0 Å². The first kappa shape index (κ1) is 17.8. The largest absolute Gasteiger partial charge is 0.0955 e. The van der Waals surface area contributed by atoms with Gasteiger partial charge in [-0.15, -0.1) is 0 Å². The van der Waals surface area contributed by atoms with E-state index >= 15 is 0 Å². The first-order valence-electron chi connectivity index (χ1n) is 10.1. The lowest BCUT2D eigenvalue weighted by atomic mass is 9.93. The van der Waals surface area contributed by atoms with Gasteiger partial charge in [0, 0.05) is 5.92 Å². The third kappa shape index (κ3) is 4.06. The van der Waals surface area contributed by atoms with Crippen LogP contribution in [0.2, 0.25) is 0 Å². The zero-order valence-electron chi connectivity index (χ0n) is 16.2. The van der Waals surface area contributed by atoms with Crippen molar-refractivity contribution in [2.24, 2.45) is 0 Å². The van der Waals surface area contributed by atoms with Crippen LogP contribution in [-0.4, -0.2) is 0 Å². The first-order valence-corrected chi connectivity index (χ1v) is 10.1. The van der Waals surface area contributed by atoms with Crippen molar-refractivity contribution in [2.45, 2.75) is 44.9 Å². The minimum absolute atomic E-state index is 0.506. The molecule has 0 bridgehead atoms. The van der Waals surface area contributed by atoms with Gasteiger partial charge in [0.2, 0.25) is 0 Å². The maximum Gasteiger partial charge on any atom is 0.00704 e. The van der Waals surface area contributed by atoms with Crippen LogP contribution in [0, 0.1) is 0 Å². The number of hydrogen-bond acceptors (Lipinski definition) is 0. The Labute approximate surface area is 163 Å². The molecule has 0 radical (unpaired) electrons. The number of allylic oxidation sites excluding steroid dienone is 7. The summed E-state index contributed by atoms with van der Waals surface area (Å²) >= 11 is 0. The molecule has 2 aliphatic rings. The molecule has 136 valence electrons. The van der Waals surface area contributed by atoms with E-state index in [9.17, 15) is 0 Å². The average molecular weight is 353 g/mol. The highest BCUT2D eigenvalue weighted by Crippen LogP contribution is 2.40. The molecule has 27 heavy (non-hydrogen) atoms. The van der Waals surface area contributed by atoms with Crippen LogP contribution in [0.25, 0.3) is 5.57 Å². The molecule has 4 rings (SSSR count). The molecule has 0 N–H and O–H groups in total. The van der Waals surface area contributed by atoms with Crippen molar-refractivity contribution >= 4 is 5.57 Å². The molecule has 0 spiro atoms. The molecule has 0 heterocycles. The van der Waals surface area contributed by atoms with Crippen molar-refractivity contribution in [1.82, 2.24) is 0 Å². The van der Waals surface area contributed by atoms with Gasteiger partial charge in [-0.2, -0.15) is 0 Å². The fraction of sp³-hybridized carbons (Fsp3) is 0.259. The summed E-state index contributed by atoms with van der Waals surface area (Å²) in [4.78, 5) is 0. The summed E-state index contributed by atoms with van der Waals surface area (Å²) in [6.45, 7) is 6.50. The van der Waals surface area contributed by atoms with Crippen molar-refractivity contribution in [1.29, 1.82) is 0 Å². The molecule has 0 saturated carbocycles. The van der Waals surface area contributed by atoms with Crippen LogP contribution >= 0.6 is 0 Å². The van der Waals surface area contributed by atoms with Crippen LogP contribution in [-0.2, 0) is 6.42 Å². The first-order chi connectivity index (χ1) is 13.2. The minimum Gasteiger partial charge on any atom is -0.0955 e. The van der Waals surface area contributed by atoms with Crippen molar-refractivity contribution in [2.75, 3.05) is 0 Å². The summed E-state index contributed by atoms with van der Waals surface area (Å²) in [6, 6.07) is 19.8. The molecule has 1 atom stereocenters. The van der Waals surface area contributed by atoms with Crippen LogP contribution in [0.1, 0.15) is 55.2 Å². The fourth-order valence-corrected chi connectivity index (χ4v) is 4.35. The number of benzene rings is 2. The monoisotopic (exact) mass is 352 g/mol. The zero-order chi connectivity index (χ0) is 18.6. The van der Waals surface area contributed by atoms with Crippen LogP contribution in [0.15, 0.2) is 96.1 Å². The topological polar surface area (TPSA) is 0 Å². The van der Waals surface area contributed by atoms with E-state index in [-0.39, 0.29) is 0 Å². The smallest absolute Gasteiger partial charge is 0.00704 e. The van der Waals surface area contributed by atoms with Gasteiger partial charge in [0.25, 0.3) is 0 Å².